The molecule has 2 aliphatic carbocycles. The predicted octanol–water partition coefficient (Wildman–Crippen LogP) is 3.88. The Kier molecular flexibility index (Phi) is 6.40. The summed E-state index contributed by atoms with van der Waals surface area (Å²) in [5.74, 6) is -2.33. The molecule has 228 valence electrons. The van der Waals surface area contributed by atoms with E-state index in [1.54, 1.807) is 19.1 Å². The molecule has 44 heavy (non-hydrogen) atoms. The van der Waals surface area contributed by atoms with Crippen molar-refractivity contribution in [2.24, 2.45) is 11.7 Å². The van der Waals surface area contributed by atoms with Crippen LogP contribution in [0.25, 0.3) is 22.2 Å². The smallest absolute Gasteiger partial charge is 0.251 e. The van der Waals surface area contributed by atoms with Gasteiger partial charge in [0.2, 0.25) is 5.91 Å². The first-order valence-corrected chi connectivity index (χ1v) is 14.5. The van der Waals surface area contributed by atoms with Gasteiger partial charge in [0.15, 0.2) is 0 Å². The second kappa shape index (κ2) is 9.98. The highest BCUT2D eigenvalue weighted by molar-refractivity contribution is 6.00. The lowest BCUT2D eigenvalue weighted by molar-refractivity contribution is -0.123. The van der Waals surface area contributed by atoms with Gasteiger partial charge in [0, 0.05) is 28.3 Å². The summed E-state index contributed by atoms with van der Waals surface area (Å²) in [4.78, 5) is 30.7. The van der Waals surface area contributed by atoms with Crippen molar-refractivity contribution in [1.82, 2.24) is 20.1 Å². The minimum atomic E-state index is -1.70. The van der Waals surface area contributed by atoms with Gasteiger partial charge in [-0.25, -0.2) is 13.8 Å². The molecule has 4 N–H and O–H groups in total. The van der Waals surface area contributed by atoms with Crippen LogP contribution < -0.4 is 20.5 Å². The molecule has 0 radical (unpaired) electrons. The van der Waals surface area contributed by atoms with E-state index in [9.17, 15) is 19.1 Å². The van der Waals surface area contributed by atoms with Gasteiger partial charge in [0.25, 0.3) is 5.91 Å². The number of carbonyl (C=O) groups excluding carboxylic acids is 2. The number of pyridine rings is 1. The Morgan fingerprint density at radius 2 is 1.98 bits per heavy atom. The summed E-state index contributed by atoms with van der Waals surface area (Å²) in [6.07, 6.45) is 5.31. The number of carbonyl (C=O) groups is 2. The van der Waals surface area contributed by atoms with Gasteiger partial charge in [-0.05, 0) is 74.9 Å². The zero-order valence-electron chi connectivity index (χ0n) is 24.2. The minimum absolute atomic E-state index is 0.0623. The maximum absolute atomic E-state index is 15.0. The zero-order chi connectivity index (χ0) is 31.0. The average molecular weight is 604 g/mol. The highest BCUT2D eigenvalue weighted by Crippen LogP contribution is 2.50. The molecule has 2 saturated carbocycles. The van der Waals surface area contributed by atoms with Gasteiger partial charge in [-0.2, -0.15) is 5.10 Å². The Labute approximate surface area is 251 Å². The summed E-state index contributed by atoms with van der Waals surface area (Å²) in [7, 11) is 1.51. The van der Waals surface area contributed by atoms with Gasteiger partial charge in [-0.1, -0.05) is 0 Å². The lowest BCUT2D eigenvalue weighted by Gasteiger charge is -2.30. The van der Waals surface area contributed by atoms with Crippen LogP contribution in [0, 0.1) is 17.6 Å². The fourth-order valence-corrected chi connectivity index (χ4v) is 5.93. The predicted molar refractivity (Wildman–Crippen MR) is 155 cm³/mol. The molecule has 10 nitrogen and oxygen atoms in total. The molecule has 2 aromatic heterocycles. The fourth-order valence-electron chi connectivity index (χ4n) is 5.93. The van der Waals surface area contributed by atoms with E-state index in [2.05, 4.69) is 15.4 Å². The summed E-state index contributed by atoms with van der Waals surface area (Å²) in [5, 5.41) is 20.4. The van der Waals surface area contributed by atoms with Crippen molar-refractivity contribution in [1.29, 1.82) is 0 Å². The van der Waals surface area contributed by atoms with Crippen LogP contribution in [0.1, 0.15) is 60.3 Å². The van der Waals surface area contributed by atoms with Gasteiger partial charge < -0.3 is 25.6 Å². The molecule has 2 amide bonds. The van der Waals surface area contributed by atoms with Crippen LogP contribution in [0.2, 0.25) is 0 Å². The molecule has 3 aliphatic rings. The van der Waals surface area contributed by atoms with E-state index < -0.39 is 34.5 Å². The van der Waals surface area contributed by atoms with Gasteiger partial charge in [0.1, 0.15) is 52.0 Å². The Morgan fingerprint density at radius 1 is 1.20 bits per heavy atom. The van der Waals surface area contributed by atoms with Gasteiger partial charge >= 0.3 is 0 Å². The molecule has 2 fully saturated rings. The Morgan fingerprint density at radius 3 is 2.66 bits per heavy atom. The highest BCUT2D eigenvalue weighted by atomic mass is 19.1. The third kappa shape index (κ3) is 4.55. The molecule has 1 unspecified atom stereocenters. The van der Waals surface area contributed by atoms with Crippen LogP contribution in [0.4, 0.5) is 8.78 Å². The molecular formula is C32H31F2N5O5. The van der Waals surface area contributed by atoms with Crippen LogP contribution >= 0.6 is 0 Å². The van der Waals surface area contributed by atoms with E-state index in [1.807, 2.05) is 10.9 Å². The van der Waals surface area contributed by atoms with E-state index in [0.29, 0.717) is 41.3 Å². The lowest BCUT2D eigenvalue weighted by Crippen LogP contribution is -2.44. The molecule has 1 aliphatic heterocycles. The molecule has 7 rings (SSSR count). The van der Waals surface area contributed by atoms with E-state index >= 15 is 4.39 Å². The van der Waals surface area contributed by atoms with Crippen LogP contribution in [0.5, 0.6) is 11.5 Å². The number of nitrogens with one attached hydrogen (secondary N) is 1. The fraction of sp³-hybridized carbons (Fsp3) is 0.375. The number of benzene rings is 2. The highest BCUT2D eigenvalue weighted by Gasteiger charge is 2.50. The van der Waals surface area contributed by atoms with Gasteiger partial charge in [-0.15, -0.1) is 0 Å². The summed E-state index contributed by atoms with van der Waals surface area (Å²) in [5.41, 5.74) is 3.88. The van der Waals surface area contributed by atoms with Crippen molar-refractivity contribution in [3.63, 3.8) is 0 Å². The van der Waals surface area contributed by atoms with Gasteiger partial charge in [-0.3, -0.25) is 14.3 Å². The minimum Gasteiger partial charge on any atom is -0.494 e. The number of aliphatic hydroxyl groups is 1. The summed E-state index contributed by atoms with van der Waals surface area (Å²) in [6.45, 7) is 1.22. The first-order valence-electron chi connectivity index (χ1n) is 14.5. The van der Waals surface area contributed by atoms with Crippen molar-refractivity contribution in [2.45, 2.75) is 49.7 Å². The molecule has 12 heteroatoms. The number of nitrogens with two attached hydrogens (primary N) is 1. The van der Waals surface area contributed by atoms with Crippen molar-refractivity contribution in [2.75, 3.05) is 20.3 Å². The number of aromatic nitrogens is 3. The topological polar surface area (TPSA) is 142 Å². The second-order valence-electron chi connectivity index (χ2n) is 12.2. The van der Waals surface area contributed by atoms with E-state index in [-0.39, 0.29) is 41.8 Å². The Bertz CT molecular complexity index is 1850. The molecular weight excluding hydrogens is 572 g/mol. The zero-order valence-corrected chi connectivity index (χ0v) is 24.2. The third-order valence-corrected chi connectivity index (χ3v) is 9.01. The maximum Gasteiger partial charge on any atom is 0.251 e. The number of rotatable bonds is 9. The number of hydrogen-bond donors (Lipinski definition) is 3. The van der Waals surface area contributed by atoms with Crippen molar-refractivity contribution in [3.8, 4) is 22.8 Å². The SMILES string of the molecule is COc1cc(C(=O)NCC(O)(c2cc3c(c(-c4cc(F)ccc4F)n2)OC[C@]3(C)C(N)=O)C2CC2)cc2cn(C3CC3)nc12. The van der Waals surface area contributed by atoms with Crippen LogP contribution in [0.15, 0.2) is 42.6 Å². The number of ether oxygens (including phenoxy) is 2. The number of nitrogens with zero attached hydrogens (tertiary/aromatic N) is 3. The number of halogens is 2. The third-order valence-electron chi connectivity index (χ3n) is 9.01. The monoisotopic (exact) mass is 603 g/mol. The first kappa shape index (κ1) is 28.2. The molecule has 4 aromatic rings. The largest absolute Gasteiger partial charge is 0.494 e. The molecule has 0 bridgehead atoms. The molecule has 2 atom stereocenters. The van der Waals surface area contributed by atoms with Crippen LogP contribution in [0.3, 0.4) is 0 Å². The quantitative estimate of drug-likeness (QED) is 0.264. The van der Waals surface area contributed by atoms with Gasteiger partial charge in [0.05, 0.1) is 25.4 Å². The number of primary amides is 1. The standard InChI is InChI=1S/C32H31F2N5O5/c1-31(30(35)41)15-44-28-22(31)12-25(37-27(28)21-11-19(33)5-8-23(21)34)32(42,18-3-4-18)14-36-29(40)16-9-17-13-39(20-6-7-20)38-26(17)24(10-16)43-2/h5,8-13,18,20,42H,3-4,6-7,14-15H2,1-2H3,(H2,35,41)(H,36,40)/t31-,32?/m0/s1. The lowest BCUT2D eigenvalue weighted by atomic mass is 9.81. The maximum atomic E-state index is 15.0. The number of fused-ring (bicyclic) bond motifs is 2. The van der Waals surface area contributed by atoms with E-state index in [1.165, 1.54) is 13.2 Å². The summed E-state index contributed by atoms with van der Waals surface area (Å²) in [6, 6.07) is 8.15. The van der Waals surface area contributed by atoms with Crippen molar-refractivity contribution in [3.05, 3.63) is 71.1 Å². The number of methoxy groups -OCH3 is 1. The number of hydrogen-bond acceptors (Lipinski definition) is 7. The average Bonchev–Trinajstić information content (AvgIpc) is 3.95. The molecule has 0 spiro atoms. The van der Waals surface area contributed by atoms with E-state index in [0.717, 1.165) is 36.4 Å². The summed E-state index contributed by atoms with van der Waals surface area (Å²) >= 11 is 0. The normalized spacial score (nSPS) is 20.6. The van der Waals surface area contributed by atoms with Crippen LogP contribution in [-0.2, 0) is 15.8 Å². The van der Waals surface area contributed by atoms with Crippen LogP contribution in [-0.4, -0.2) is 51.9 Å². The molecule has 2 aromatic carbocycles. The molecule has 0 saturated heterocycles. The second-order valence-corrected chi connectivity index (χ2v) is 12.2. The Hall–Kier alpha value is -4.58. The number of amides is 2. The summed E-state index contributed by atoms with van der Waals surface area (Å²) < 4.78 is 42.6. The van der Waals surface area contributed by atoms with Crippen molar-refractivity contribution >= 4 is 22.7 Å². The van der Waals surface area contributed by atoms with Crippen molar-refractivity contribution < 1.29 is 33.0 Å². The van der Waals surface area contributed by atoms with E-state index in [4.69, 9.17) is 15.2 Å². The Balaban J connectivity index is 1.27. The first-order chi connectivity index (χ1) is 21.0. The molecule has 3 heterocycles.